The molecule has 0 saturated carbocycles. The van der Waals surface area contributed by atoms with Gasteiger partial charge in [0.2, 0.25) is 0 Å². The second-order valence-corrected chi connectivity index (χ2v) is 1.73. The average molecular weight is 94.1 g/mol. The van der Waals surface area contributed by atoms with E-state index in [1.54, 1.807) is 11.8 Å². The maximum absolute atomic E-state index is 3.39. The zero-order chi connectivity index (χ0) is 4.12. The molecule has 6 heavy (non-hydrogen) atoms. The Morgan fingerprint density at radius 3 is 2.33 bits per heavy atom. The molecule has 0 nitrogen and oxygen atoms in total. The SMILES string of the molecule is C=[C-]SCC.[Li+]. The first kappa shape index (κ1) is 9.85. The first-order valence-electron chi connectivity index (χ1n) is 1.55. The van der Waals surface area contributed by atoms with Gasteiger partial charge in [-0.15, -0.1) is 0 Å². The van der Waals surface area contributed by atoms with Gasteiger partial charge in [0.05, 0.1) is 0 Å². The number of rotatable bonds is 2. The third kappa shape index (κ3) is 8.82. The van der Waals surface area contributed by atoms with E-state index in [0.717, 1.165) is 5.75 Å². The molecule has 0 aromatic carbocycles. The van der Waals surface area contributed by atoms with Gasteiger partial charge in [0.15, 0.2) is 0 Å². The second kappa shape index (κ2) is 9.19. The molecule has 0 atom stereocenters. The summed E-state index contributed by atoms with van der Waals surface area (Å²) >= 11 is 1.60. The van der Waals surface area contributed by atoms with Crippen molar-refractivity contribution in [2.24, 2.45) is 0 Å². The molecule has 0 unspecified atom stereocenters. The molecule has 0 aliphatic rings. The molecule has 0 rings (SSSR count). The van der Waals surface area contributed by atoms with E-state index in [2.05, 4.69) is 18.9 Å². The predicted octanol–water partition coefficient (Wildman–Crippen LogP) is -1.31. The Morgan fingerprint density at radius 1 is 1.83 bits per heavy atom. The molecule has 0 spiro atoms. The molecule has 0 aliphatic carbocycles. The van der Waals surface area contributed by atoms with E-state index in [1.807, 2.05) is 0 Å². The molecule has 0 aromatic rings. The smallest absolute Gasteiger partial charge is 0.440 e. The number of hydrogen-bond donors (Lipinski definition) is 0. The Bertz CT molecular complexity index is 28.7. The van der Waals surface area contributed by atoms with E-state index in [4.69, 9.17) is 0 Å². The summed E-state index contributed by atoms with van der Waals surface area (Å²) in [7, 11) is 0. The second-order valence-electron chi connectivity index (χ2n) is 0.577. The largest absolute Gasteiger partial charge is 1.00 e. The van der Waals surface area contributed by atoms with Crippen LogP contribution in [0.3, 0.4) is 0 Å². The third-order valence-electron chi connectivity index (χ3n) is 0.246. The number of thioether (sulfide) groups is 1. The van der Waals surface area contributed by atoms with Gasteiger partial charge in [-0.1, -0.05) is 6.92 Å². The van der Waals surface area contributed by atoms with Crippen LogP contribution in [0.5, 0.6) is 0 Å². The normalized spacial score (nSPS) is 6.17. The summed E-state index contributed by atoms with van der Waals surface area (Å²) in [6, 6.07) is 0. The molecule has 0 amide bonds. The van der Waals surface area contributed by atoms with E-state index in [9.17, 15) is 0 Å². The summed E-state index contributed by atoms with van der Waals surface area (Å²) in [6.07, 6.45) is 0. The van der Waals surface area contributed by atoms with Gasteiger partial charge >= 0.3 is 18.9 Å². The molecular formula is C4H7LiS. The third-order valence-corrected chi connectivity index (χ3v) is 0.739. The van der Waals surface area contributed by atoms with Gasteiger partial charge in [0, 0.05) is 0 Å². The topological polar surface area (TPSA) is 0 Å². The summed E-state index contributed by atoms with van der Waals surface area (Å²) in [6.45, 7) is 5.46. The van der Waals surface area contributed by atoms with Gasteiger partial charge < -0.3 is 17.2 Å². The molecule has 30 valence electrons. The first-order valence-corrected chi connectivity index (χ1v) is 2.54. The van der Waals surface area contributed by atoms with Crippen molar-refractivity contribution in [3.05, 3.63) is 12.0 Å². The average Bonchev–Trinajstić information content (AvgIpc) is 1.41. The standard InChI is InChI=1S/C4H7S.Li/c1-3-5-4-2;/h1,4H2,2H3;/q-1;+1. The van der Waals surface area contributed by atoms with Crippen molar-refractivity contribution in [2.45, 2.75) is 6.92 Å². The van der Waals surface area contributed by atoms with Gasteiger partial charge in [0.1, 0.15) is 0 Å². The molecule has 0 aliphatic heterocycles. The van der Waals surface area contributed by atoms with Crippen molar-refractivity contribution < 1.29 is 18.9 Å². The zero-order valence-electron chi connectivity index (χ0n) is 4.32. The summed E-state index contributed by atoms with van der Waals surface area (Å²) in [5.41, 5.74) is 0. The van der Waals surface area contributed by atoms with Gasteiger partial charge in [-0.3, -0.25) is 6.58 Å². The van der Waals surface area contributed by atoms with Crippen LogP contribution in [0.1, 0.15) is 6.92 Å². The predicted molar refractivity (Wildman–Crippen MR) is 27.0 cm³/mol. The van der Waals surface area contributed by atoms with E-state index in [1.165, 1.54) is 0 Å². The van der Waals surface area contributed by atoms with Gasteiger partial charge in [0.25, 0.3) is 0 Å². The Morgan fingerprint density at radius 2 is 2.33 bits per heavy atom. The fourth-order valence-electron chi connectivity index (χ4n) is 0.102. The van der Waals surface area contributed by atoms with Crippen LogP contribution in [0.25, 0.3) is 0 Å². The van der Waals surface area contributed by atoms with E-state index < -0.39 is 0 Å². The van der Waals surface area contributed by atoms with E-state index in [0.29, 0.717) is 0 Å². The van der Waals surface area contributed by atoms with Crippen LogP contribution in [-0.4, -0.2) is 5.75 Å². The summed E-state index contributed by atoms with van der Waals surface area (Å²) in [5, 5.41) is 2.68. The molecule has 0 aromatic heterocycles. The maximum atomic E-state index is 3.39. The van der Waals surface area contributed by atoms with Crippen molar-refractivity contribution in [1.29, 1.82) is 0 Å². The van der Waals surface area contributed by atoms with Gasteiger partial charge in [-0.25, -0.2) is 0 Å². The molecule has 2 heteroatoms. The van der Waals surface area contributed by atoms with Crippen molar-refractivity contribution >= 4 is 11.8 Å². The fraction of sp³-hybridized carbons (Fsp3) is 0.500. The van der Waals surface area contributed by atoms with Crippen LogP contribution >= 0.6 is 11.8 Å². The van der Waals surface area contributed by atoms with Crippen LogP contribution < -0.4 is 18.9 Å². The van der Waals surface area contributed by atoms with Gasteiger partial charge in [-0.2, -0.15) is 0 Å². The fourth-order valence-corrected chi connectivity index (χ4v) is 0.306. The molecule has 0 fully saturated rings. The molecule has 0 heterocycles. The minimum Gasteiger partial charge on any atom is -0.440 e. The Hall–Kier alpha value is 0.687. The van der Waals surface area contributed by atoms with Crippen molar-refractivity contribution in [3.63, 3.8) is 0 Å². The summed E-state index contributed by atoms with van der Waals surface area (Å²) in [4.78, 5) is 0. The maximum Gasteiger partial charge on any atom is 1.00 e. The monoisotopic (exact) mass is 94.0 g/mol. The quantitative estimate of drug-likeness (QED) is 0.302. The molecule has 0 radical (unpaired) electrons. The first-order chi connectivity index (χ1) is 2.41. The molecule has 0 N–H and O–H groups in total. The number of hydrogen-bond acceptors (Lipinski definition) is 1. The zero-order valence-corrected chi connectivity index (χ0v) is 5.14. The molecule has 0 bridgehead atoms. The van der Waals surface area contributed by atoms with Crippen LogP contribution in [0.4, 0.5) is 0 Å². The van der Waals surface area contributed by atoms with Crippen LogP contribution in [-0.2, 0) is 0 Å². The molecule has 0 saturated heterocycles. The van der Waals surface area contributed by atoms with E-state index >= 15 is 0 Å². The Balaban J connectivity index is 0. The Kier molecular flexibility index (Phi) is 15.1. The summed E-state index contributed by atoms with van der Waals surface area (Å²) in [5.74, 6) is 1.09. The van der Waals surface area contributed by atoms with Gasteiger partial charge in [-0.05, 0) is 5.75 Å². The Labute approximate surface area is 55.6 Å². The van der Waals surface area contributed by atoms with Crippen molar-refractivity contribution in [1.82, 2.24) is 0 Å². The van der Waals surface area contributed by atoms with Crippen LogP contribution in [0.2, 0.25) is 0 Å². The minimum atomic E-state index is 0. The van der Waals surface area contributed by atoms with Crippen LogP contribution in [0.15, 0.2) is 6.58 Å². The van der Waals surface area contributed by atoms with E-state index in [-0.39, 0.29) is 18.9 Å². The van der Waals surface area contributed by atoms with Crippen molar-refractivity contribution in [3.8, 4) is 0 Å². The molecular weight excluding hydrogens is 87.1 g/mol. The minimum absolute atomic E-state index is 0. The summed E-state index contributed by atoms with van der Waals surface area (Å²) < 4.78 is 0. The van der Waals surface area contributed by atoms with Crippen molar-refractivity contribution in [2.75, 3.05) is 5.75 Å². The van der Waals surface area contributed by atoms with Crippen LogP contribution in [0, 0.1) is 5.41 Å².